The highest BCUT2D eigenvalue weighted by molar-refractivity contribution is 9.10. The molecule has 0 aliphatic carbocycles. The van der Waals surface area contributed by atoms with Crippen LogP contribution in [0, 0.1) is 6.92 Å². The average molecular weight is 563 g/mol. The van der Waals surface area contributed by atoms with Crippen LogP contribution in [0.25, 0.3) is 11.5 Å². The van der Waals surface area contributed by atoms with Gasteiger partial charge < -0.3 is 24.5 Å². The van der Waals surface area contributed by atoms with E-state index >= 15 is 0 Å². The Morgan fingerprint density at radius 3 is 2.64 bits per heavy atom. The molecule has 3 aromatic rings. The molecular weight excluding hydrogens is 536 g/mol. The van der Waals surface area contributed by atoms with E-state index in [2.05, 4.69) is 41.6 Å². The third-order valence-corrected chi connectivity index (χ3v) is 5.23. The van der Waals surface area contributed by atoms with Crippen LogP contribution in [0.2, 0.25) is 0 Å². The summed E-state index contributed by atoms with van der Waals surface area (Å²) in [6.07, 6.45) is -0.712. The Labute approximate surface area is 215 Å². The van der Waals surface area contributed by atoms with Gasteiger partial charge in [0, 0.05) is 10.0 Å². The fourth-order valence-corrected chi connectivity index (χ4v) is 3.58. The van der Waals surface area contributed by atoms with Gasteiger partial charge in [0.15, 0.2) is 5.78 Å². The van der Waals surface area contributed by atoms with E-state index in [1.165, 1.54) is 11.9 Å². The SMILES string of the molecule is COc1[nH]c(-c2nnn(CCOC(=O)CNC(=O)OC(C)(C)C)n2)c(C)c1C(=O)c1cccc(Br)c1. The molecule has 0 spiro atoms. The number of amides is 1. The minimum atomic E-state index is -0.712. The molecule has 0 saturated heterocycles. The number of methoxy groups -OCH3 is 1. The van der Waals surface area contributed by atoms with E-state index in [1.54, 1.807) is 45.9 Å². The van der Waals surface area contributed by atoms with Crippen molar-refractivity contribution in [3.8, 4) is 17.4 Å². The number of hydrogen-bond donors (Lipinski definition) is 2. The molecule has 0 radical (unpaired) electrons. The second-order valence-corrected chi connectivity index (χ2v) is 9.57. The average Bonchev–Trinajstić information content (AvgIpc) is 3.40. The first kappa shape index (κ1) is 26.9. The molecule has 36 heavy (non-hydrogen) atoms. The van der Waals surface area contributed by atoms with Crippen molar-refractivity contribution in [2.45, 2.75) is 39.8 Å². The molecule has 2 N–H and O–H groups in total. The number of hydrogen-bond acceptors (Lipinski definition) is 9. The van der Waals surface area contributed by atoms with Crippen LogP contribution >= 0.6 is 15.9 Å². The summed E-state index contributed by atoms with van der Waals surface area (Å²) in [6, 6.07) is 7.06. The lowest BCUT2D eigenvalue weighted by atomic mass is 10.0. The van der Waals surface area contributed by atoms with Crippen LogP contribution in [0.4, 0.5) is 4.79 Å². The summed E-state index contributed by atoms with van der Waals surface area (Å²) < 4.78 is 16.3. The van der Waals surface area contributed by atoms with E-state index in [4.69, 9.17) is 14.2 Å². The summed E-state index contributed by atoms with van der Waals surface area (Å²) in [4.78, 5) is 40.9. The van der Waals surface area contributed by atoms with Crippen molar-refractivity contribution >= 4 is 33.8 Å². The Balaban J connectivity index is 1.62. The van der Waals surface area contributed by atoms with Crippen LogP contribution in [0.5, 0.6) is 5.88 Å². The highest BCUT2D eigenvalue weighted by Gasteiger charge is 2.25. The maximum Gasteiger partial charge on any atom is 0.408 e. The lowest BCUT2D eigenvalue weighted by Crippen LogP contribution is -2.36. The van der Waals surface area contributed by atoms with Crippen LogP contribution in [-0.2, 0) is 20.8 Å². The van der Waals surface area contributed by atoms with Gasteiger partial charge in [0.2, 0.25) is 11.7 Å². The summed E-state index contributed by atoms with van der Waals surface area (Å²) in [5.41, 5.74) is 1.29. The number of aromatic nitrogens is 5. The Kier molecular flexibility index (Phi) is 8.45. The van der Waals surface area contributed by atoms with E-state index in [0.29, 0.717) is 22.4 Å². The molecule has 12 nitrogen and oxygen atoms in total. The molecule has 1 amide bonds. The fourth-order valence-electron chi connectivity index (χ4n) is 3.18. The van der Waals surface area contributed by atoms with Crippen molar-refractivity contribution in [1.29, 1.82) is 0 Å². The third-order valence-electron chi connectivity index (χ3n) is 4.74. The Morgan fingerprint density at radius 1 is 1.22 bits per heavy atom. The first-order chi connectivity index (χ1) is 17.0. The lowest BCUT2D eigenvalue weighted by Gasteiger charge is -2.19. The number of nitrogens with zero attached hydrogens (tertiary/aromatic N) is 4. The van der Waals surface area contributed by atoms with E-state index in [9.17, 15) is 14.4 Å². The zero-order valence-electron chi connectivity index (χ0n) is 20.5. The predicted octanol–water partition coefficient (Wildman–Crippen LogP) is 3.05. The standard InChI is InChI=1S/C23H27BrN6O6/c1-13-17(19(32)14-7-6-8-15(24)11-14)21(34-5)26-18(13)20-27-29-30(28-20)9-10-35-16(31)12-25-22(33)36-23(2,3)4/h6-8,11,26H,9-10,12H2,1-5H3,(H,25,33). The van der Waals surface area contributed by atoms with Gasteiger partial charge in [0.05, 0.1) is 24.9 Å². The van der Waals surface area contributed by atoms with Gasteiger partial charge in [-0.25, -0.2) is 4.79 Å². The van der Waals surface area contributed by atoms with Gasteiger partial charge in [-0.1, -0.05) is 28.1 Å². The van der Waals surface area contributed by atoms with Crippen molar-refractivity contribution in [3.05, 3.63) is 45.4 Å². The summed E-state index contributed by atoms with van der Waals surface area (Å²) in [7, 11) is 1.46. The molecule has 2 heterocycles. The predicted molar refractivity (Wildman–Crippen MR) is 132 cm³/mol. The first-order valence-electron chi connectivity index (χ1n) is 11.0. The normalized spacial score (nSPS) is 11.2. The second kappa shape index (κ2) is 11.3. The Bertz CT molecular complexity index is 1260. The summed E-state index contributed by atoms with van der Waals surface area (Å²) >= 11 is 3.38. The molecule has 1 aromatic carbocycles. The number of esters is 1. The molecule has 0 bridgehead atoms. The van der Waals surface area contributed by atoms with E-state index < -0.39 is 17.7 Å². The summed E-state index contributed by atoms with van der Waals surface area (Å²) in [5, 5.41) is 14.6. The van der Waals surface area contributed by atoms with E-state index in [-0.39, 0.29) is 37.2 Å². The number of H-pyrrole nitrogens is 1. The third kappa shape index (κ3) is 6.90. The van der Waals surface area contributed by atoms with E-state index in [0.717, 1.165) is 4.47 Å². The number of nitrogens with one attached hydrogen (secondary N) is 2. The summed E-state index contributed by atoms with van der Waals surface area (Å²) in [5.74, 6) is -0.318. The minimum absolute atomic E-state index is 0.0374. The topological polar surface area (TPSA) is 150 Å². The van der Waals surface area contributed by atoms with Crippen LogP contribution in [0.15, 0.2) is 28.7 Å². The van der Waals surface area contributed by atoms with Crippen molar-refractivity contribution in [2.24, 2.45) is 0 Å². The highest BCUT2D eigenvalue weighted by atomic mass is 79.9. The lowest BCUT2D eigenvalue weighted by molar-refractivity contribution is -0.142. The van der Waals surface area contributed by atoms with Crippen LogP contribution in [0.3, 0.4) is 0 Å². The Hall–Kier alpha value is -3.74. The zero-order chi connectivity index (χ0) is 26.5. The number of rotatable bonds is 9. The van der Waals surface area contributed by atoms with Gasteiger partial charge in [-0.2, -0.15) is 4.80 Å². The molecule has 0 unspecified atom stereocenters. The van der Waals surface area contributed by atoms with E-state index in [1.807, 2.05) is 6.07 Å². The molecule has 0 atom stereocenters. The van der Waals surface area contributed by atoms with Crippen LogP contribution < -0.4 is 10.1 Å². The number of ketones is 1. The van der Waals surface area contributed by atoms with Crippen molar-refractivity contribution in [2.75, 3.05) is 20.3 Å². The van der Waals surface area contributed by atoms with Gasteiger partial charge in [-0.05, 0) is 50.6 Å². The summed E-state index contributed by atoms with van der Waals surface area (Å²) in [6.45, 7) is 6.68. The number of carbonyl (C=O) groups is 3. The van der Waals surface area contributed by atoms with Gasteiger partial charge >= 0.3 is 12.1 Å². The number of ether oxygens (including phenoxy) is 3. The monoisotopic (exact) mass is 562 g/mol. The molecule has 3 rings (SSSR count). The fraction of sp³-hybridized carbons (Fsp3) is 0.391. The van der Waals surface area contributed by atoms with Crippen LogP contribution in [-0.4, -0.2) is 68.9 Å². The van der Waals surface area contributed by atoms with Gasteiger partial charge in [-0.3, -0.25) is 9.59 Å². The van der Waals surface area contributed by atoms with Crippen molar-refractivity contribution < 1.29 is 28.6 Å². The number of benzene rings is 1. The molecule has 0 fully saturated rings. The molecule has 192 valence electrons. The number of aromatic amines is 1. The number of halogens is 1. The molecule has 2 aromatic heterocycles. The van der Waals surface area contributed by atoms with Crippen molar-refractivity contribution in [3.63, 3.8) is 0 Å². The number of tetrazole rings is 1. The molecule has 0 saturated carbocycles. The van der Waals surface area contributed by atoms with Crippen LogP contribution in [0.1, 0.15) is 42.3 Å². The van der Waals surface area contributed by atoms with Crippen molar-refractivity contribution in [1.82, 2.24) is 30.5 Å². The second-order valence-electron chi connectivity index (χ2n) is 8.66. The minimum Gasteiger partial charge on any atom is -0.482 e. The number of carbonyl (C=O) groups excluding carboxylic acids is 3. The highest BCUT2D eigenvalue weighted by Crippen LogP contribution is 2.32. The zero-order valence-corrected chi connectivity index (χ0v) is 22.1. The Morgan fingerprint density at radius 2 is 1.97 bits per heavy atom. The largest absolute Gasteiger partial charge is 0.482 e. The van der Waals surface area contributed by atoms with Gasteiger partial charge in [0.1, 0.15) is 18.8 Å². The quantitative estimate of drug-likeness (QED) is 0.296. The molecule has 0 aliphatic heterocycles. The molecular formula is C23H27BrN6O6. The first-order valence-corrected chi connectivity index (χ1v) is 11.7. The smallest absolute Gasteiger partial charge is 0.408 e. The van der Waals surface area contributed by atoms with Gasteiger partial charge in [0.25, 0.3) is 0 Å². The molecule has 0 aliphatic rings. The molecule has 13 heteroatoms. The van der Waals surface area contributed by atoms with Gasteiger partial charge in [-0.15, -0.1) is 10.2 Å². The maximum atomic E-state index is 13.2. The number of alkyl carbamates (subject to hydrolysis) is 1. The maximum absolute atomic E-state index is 13.2.